The van der Waals surface area contributed by atoms with Crippen molar-refractivity contribution in [1.29, 1.82) is 0 Å². The van der Waals surface area contributed by atoms with E-state index >= 15 is 0 Å². The van der Waals surface area contributed by atoms with E-state index in [0.717, 1.165) is 16.9 Å². The lowest BCUT2D eigenvalue weighted by atomic mass is 10.1. The van der Waals surface area contributed by atoms with Gasteiger partial charge in [0, 0.05) is 36.0 Å². The molecule has 0 unspecified atom stereocenters. The molecule has 8 heteroatoms. The molecule has 0 saturated carbocycles. The number of ether oxygens (including phenoxy) is 2. The molecular weight excluding hydrogens is 406 g/mol. The van der Waals surface area contributed by atoms with Crippen LogP contribution >= 0.6 is 11.6 Å². The molecule has 0 radical (unpaired) electrons. The number of likely N-dealkylation sites (tertiary alicyclic amines) is 1. The van der Waals surface area contributed by atoms with Crippen LogP contribution in [0.15, 0.2) is 47.0 Å². The third-order valence-corrected chi connectivity index (χ3v) is 5.34. The van der Waals surface area contributed by atoms with E-state index in [1.165, 1.54) is 0 Å². The highest BCUT2D eigenvalue weighted by Crippen LogP contribution is 2.29. The Kier molecular flexibility index (Phi) is 5.90. The largest absolute Gasteiger partial charge is 0.496 e. The predicted molar refractivity (Wildman–Crippen MR) is 111 cm³/mol. The predicted octanol–water partition coefficient (Wildman–Crippen LogP) is 4.14. The topological polar surface area (TPSA) is 77.7 Å². The molecule has 7 nitrogen and oxygen atoms in total. The molecule has 30 heavy (non-hydrogen) atoms. The molecule has 1 amide bonds. The Morgan fingerprint density at radius 3 is 2.87 bits per heavy atom. The first kappa shape index (κ1) is 20.2. The second kappa shape index (κ2) is 8.75. The van der Waals surface area contributed by atoms with Crippen LogP contribution in [0.1, 0.15) is 35.2 Å². The Balaban J connectivity index is 1.38. The number of methoxy groups -OCH3 is 1. The van der Waals surface area contributed by atoms with Crippen LogP contribution < -0.4 is 9.47 Å². The van der Waals surface area contributed by atoms with Gasteiger partial charge < -0.3 is 18.9 Å². The monoisotopic (exact) mass is 427 g/mol. The van der Waals surface area contributed by atoms with E-state index in [1.807, 2.05) is 37.3 Å². The SMILES string of the molecule is COc1ccccc1CN1C[C@@H](c2noc(COc3ccc(Cl)cc3C)n2)CC1=O. The summed E-state index contributed by atoms with van der Waals surface area (Å²) >= 11 is 5.97. The van der Waals surface area contributed by atoms with Crippen molar-refractivity contribution < 1.29 is 18.8 Å². The number of para-hydroxylation sites is 1. The van der Waals surface area contributed by atoms with Gasteiger partial charge in [-0.1, -0.05) is 35.0 Å². The molecule has 0 spiro atoms. The number of hydrogen-bond acceptors (Lipinski definition) is 6. The number of amides is 1. The van der Waals surface area contributed by atoms with E-state index < -0.39 is 0 Å². The lowest BCUT2D eigenvalue weighted by Crippen LogP contribution is -2.24. The Morgan fingerprint density at radius 1 is 1.23 bits per heavy atom. The molecule has 1 saturated heterocycles. The van der Waals surface area contributed by atoms with E-state index in [0.29, 0.717) is 42.0 Å². The third kappa shape index (κ3) is 4.41. The van der Waals surface area contributed by atoms with Gasteiger partial charge in [0.2, 0.25) is 5.91 Å². The first-order valence-corrected chi connectivity index (χ1v) is 10.0. The van der Waals surface area contributed by atoms with Crippen LogP contribution in [0.25, 0.3) is 0 Å². The number of aromatic nitrogens is 2. The van der Waals surface area contributed by atoms with E-state index in [9.17, 15) is 4.79 Å². The summed E-state index contributed by atoms with van der Waals surface area (Å²) in [6.45, 7) is 3.10. The van der Waals surface area contributed by atoms with Gasteiger partial charge in [0.1, 0.15) is 11.5 Å². The van der Waals surface area contributed by atoms with E-state index in [4.69, 9.17) is 25.6 Å². The highest BCUT2D eigenvalue weighted by Gasteiger charge is 2.34. The zero-order valence-corrected chi connectivity index (χ0v) is 17.6. The highest BCUT2D eigenvalue weighted by molar-refractivity contribution is 6.30. The van der Waals surface area contributed by atoms with Crippen molar-refractivity contribution in [2.75, 3.05) is 13.7 Å². The minimum Gasteiger partial charge on any atom is -0.496 e. The molecule has 0 N–H and O–H groups in total. The van der Waals surface area contributed by atoms with Crippen molar-refractivity contribution in [3.8, 4) is 11.5 Å². The molecule has 3 aromatic rings. The molecule has 2 heterocycles. The number of nitrogens with zero attached hydrogens (tertiary/aromatic N) is 3. The normalized spacial score (nSPS) is 16.2. The number of benzene rings is 2. The van der Waals surface area contributed by atoms with Gasteiger partial charge in [0.25, 0.3) is 5.89 Å². The lowest BCUT2D eigenvalue weighted by molar-refractivity contribution is -0.128. The van der Waals surface area contributed by atoms with Gasteiger partial charge in [0.15, 0.2) is 12.4 Å². The number of carbonyl (C=O) groups is 1. The number of hydrogen-bond donors (Lipinski definition) is 0. The Bertz CT molecular complexity index is 1050. The van der Waals surface area contributed by atoms with E-state index in [1.54, 1.807) is 24.1 Å². The molecule has 1 fully saturated rings. The molecule has 0 bridgehead atoms. The van der Waals surface area contributed by atoms with Gasteiger partial charge in [0.05, 0.1) is 7.11 Å². The van der Waals surface area contributed by atoms with Crippen molar-refractivity contribution in [2.24, 2.45) is 0 Å². The lowest BCUT2D eigenvalue weighted by Gasteiger charge is -2.17. The molecule has 1 aliphatic rings. The summed E-state index contributed by atoms with van der Waals surface area (Å²) in [4.78, 5) is 18.7. The summed E-state index contributed by atoms with van der Waals surface area (Å²) < 4.78 is 16.5. The van der Waals surface area contributed by atoms with Gasteiger partial charge in [-0.25, -0.2) is 0 Å². The Morgan fingerprint density at radius 2 is 2.07 bits per heavy atom. The van der Waals surface area contributed by atoms with Crippen LogP contribution in [0.2, 0.25) is 5.02 Å². The van der Waals surface area contributed by atoms with Crippen molar-refractivity contribution >= 4 is 17.5 Å². The fraction of sp³-hybridized carbons (Fsp3) is 0.318. The fourth-order valence-corrected chi connectivity index (χ4v) is 3.77. The van der Waals surface area contributed by atoms with Gasteiger partial charge in [-0.2, -0.15) is 4.98 Å². The van der Waals surface area contributed by atoms with Gasteiger partial charge in [-0.05, 0) is 36.8 Å². The van der Waals surface area contributed by atoms with Gasteiger partial charge in [-0.3, -0.25) is 4.79 Å². The van der Waals surface area contributed by atoms with Crippen LogP contribution in [-0.4, -0.2) is 34.6 Å². The van der Waals surface area contributed by atoms with Crippen molar-refractivity contribution in [1.82, 2.24) is 15.0 Å². The zero-order valence-electron chi connectivity index (χ0n) is 16.8. The number of halogens is 1. The molecule has 0 aliphatic carbocycles. The fourth-order valence-electron chi connectivity index (χ4n) is 3.54. The van der Waals surface area contributed by atoms with Crippen LogP contribution in [-0.2, 0) is 17.9 Å². The van der Waals surface area contributed by atoms with Gasteiger partial charge in [-0.15, -0.1) is 0 Å². The van der Waals surface area contributed by atoms with Crippen molar-refractivity contribution in [3.05, 3.63) is 70.3 Å². The number of carbonyl (C=O) groups excluding carboxylic acids is 1. The van der Waals surface area contributed by atoms with Crippen LogP contribution in [0.3, 0.4) is 0 Å². The number of aryl methyl sites for hydroxylation is 1. The second-order valence-corrected chi connectivity index (χ2v) is 7.67. The maximum absolute atomic E-state index is 12.5. The summed E-state index contributed by atoms with van der Waals surface area (Å²) in [5.41, 5.74) is 1.89. The van der Waals surface area contributed by atoms with E-state index in [-0.39, 0.29) is 18.4 Å². The Labute approximate surface area is 179 Å². The molecule has 1 aromatic heterocycles. The van der Waals surface area contributed by atoms with Crippen molar-refractivity contribution in [3.63, 3.8) is 0 Å². The summed E-state index contributed by atoms with van der Waals surface area (Å²) in [6, 6.07) is 13.1. The standard InChI is InChI=1S/C22H22ClN3O4/c1-14-9-17(23)7-8-18(14)29-13-20-24-22(25-30-20)16-10-21(27)26(12-16)11-15-5-3-4-6-19(15)28-2/h3-9,16H,10-13H2,1-2H3/t16-/m0/s1. The summed E-state index contributed by atoms with van der Waals surface area (Å²) in [7, 11) is 1.63. The summed E-state index contributed by atoms with van der Waals surface area (Å²) in [5, 5.41) is 4.72. The van der Waals surface area contributed by atoms with Crippen LogP contribution in [0.5, 0.6) is 11.5 Å². The average molecular weight is 428 g/mol. The second-order valence-electron chi connectivity index (χ2n) is 7.23. The molecule has 4 rings (SSSR count). The molecule has 1 aliphatic heterocycles. The maximum atomic E-state index is 12.5. The van der Waals surface area contributed by atoms with Crippen molar-refractivity contribution in [2.45, 2.75) is 32.4 Å². The first-order valence-electron chi connectivity index (χ1n) is 9.64. The minimum absolute atomic E-state index is 0.0605. The first-order chi connectivity index (χ1) is 14.5. The highest BCUT2D eigenvalue weighted by atomic mass is 35.5. The van der Waals surface area contributed by atoms with Crippen LogP contribution in [0, 0.1) is 6.92 Å². The quantitative estimate of drug-likeness (QED) is 0.564. The maximum Gasteiger partial charge on any atom is 0.264 e. The smallest absolute Gasteiger partial charge is 0.264 e. The number of rotatable bonds is 7. The van der Waals surface area contributed by atoms with Gasteiger partial charge >= 0.3 is 0 Å². The van der Waals surface area contributed by atoms with Crippen LogP contribution in [0.4, 0.5) is 0 Å². The minimum atomic E-state index is -0.109. The molecular formula is C22H22ClN3O4. The summed E-state index contributed by atoms with van der Waals surface area (Å²) in [5.74, 6) is 2.32. The molecule has 1 atom stereocenters. The summed E-state index contributed by atoms with van der Waals surface area (Å²) in [6.07, 6.45) is 0.352. The third-order valence-electron chi connectivity index (χ3n) is 5.11. The molecule has 156 valence electrons. The zero-order chi connectivity index (χ0) is 21.1. The Hall–Kier alpha value is -3.06. The van der Waals surface area contributed by atoms with E-state index in [2.05, 4.69) is 10.1 Å². The average Bonchev–Trinajstić information content (AvgIpc) is 3.35. The molecule has 2 aromatic carbocycles.